The minimum absolute atomic E-state index is 0.155. The van der Waals surface area contributed by atoms with E-state index in [-0.39, 0.29) is 4.90 Å². The molecule has 0 atom stereocenters. The van der Waals surface area contributed by atoms with Gasteiger partial charge in [0.15, 0.2) is 5.82 Å². The average Bonchev–Trinajstić information content (AvgIpc) is 3.22. The molecule has 0 aliphatic heterocycles. The maximum Gasteiger partial charge on any atom is 0.294 e. The van der Waals surface area contributed by atoms with Crippen molar-refractivity contribution in [2.24, 2.45) is 11.7 Å². The van der Waals surface area contributed by atoms with Crippen molar-refractivity contribution in [2.75, 3.05) is 12.3 Å². The Morgan fingerprint density at radius 1 is 1.40 bits per heavy atom. The number of thiazole rings is 1. The molecule has 10 heteroatoms. The smallest absolute Gasteiger partial charge is 0.294 e. The fraction of sp³-hybridized carbons (Fsp3) is 0.333. The van der Waals surface area contributed by atoms with Crippen LogP contribution in [-0.4, -0.2) is 34.7 Å². The molecule has 3 aromatic rings. The second kappa shape index (κ2) is 6.71. The van der Waals surface area contributed by atoms with Gasteiger partial charge in [0.25, 0.3) is 10.1 Å². The third-order valence-electron chi connectivity index (χ3n) is 3.88. The van der Waals surface area contributed by atoms with Gasteiger partial charge in [-0.3, -0.25) is 9.65 Å². The molecule has 1 aromatic carbocycles. The number of nitrogen functional groups attached to an aromatic ring is 1. The second-order valence-electron chi connectivity index (χ2n) is 5.91. The summed E-state index contributed by atoms with van der Waals surface area (Å²) in [7, 11) is -4.22. The molecule has 25 heavy (non-hydrogen) atoms. The number of hydrogen-bond donors (Lipinski definition) is 4. The van der Waals surface area contributed by atoms with Gasteiger partial charge in [-0.15, -0.1) is 11.3 Å². The summed E-state index contributed by atoms with van der Waals surface area (Å²) in [6.45, 7) is 2.74. The first kappa shape index (κ1) is 17.8. The summed E-state index contributed by atoms with van der Waals surface area (Å²) in [6.07, 6.45) is 2.77. The van der Waals surface area contributed by atoms with Crippen LogP contribution < -0.4 is 11.5 Å². The van der Waals surface area contributed by atoms with Crippen molar-refractivity contribution in [3.05, 3.63) is 23.9 Å². The lowest BCUT2D eigenvalue weighted by atomic mass is 10.2. The van der Waals surface area contributed by atoms with Crippen LogP contribution in [0.25, 0.3) is 20.8 Å². The monoisotopic (exact) mass is 381 g/mol. The van der Waals surface area contributed by atoms with Crippen molar-refractivity contribution >= 4 is 37.5 Å². The second-order valence-corrected chi connectivity index (χ2v) is 8.36. The maximum atomic E-state index is 11.1. The molecule has 8 nitrogen and oxygen atoms in total. The predicted octanol–water partition coefficient (Wildman–Crippen LogP) is 2.18. The Bertz CT molecular complexity index is 986. The fourth-order valence-electron chi connectivity index (χ4n) is 2.24. The Labute approximate surface area is 149 Å². The van der Waals surface area contributed by atoms with E-state index in [2.05, 4.69) is 15.2 Å². The molecule has 1 fully saturated rings. The van der Waals surface area contributed by atoms with Crippen LogP contribution >= 0.6 is 11.3 Å². The van der Waals surface area contributed by atoms with Crippen LogP contribution in [0, 0.1) is 12.8 Å². The van der Waals surface area contributed by atoms with E-state index in [0.29, 0.717) is 26.6 Å². The van der Waals surface area contributed by atoms with E-state index in [0.717, 1.165) is 18.2 Å². The molecule has 1 aliphatic rings. The van der Waals surface area contributed by atoms with Gasteiger partial charge in [-0.05, 0) is 50.4 Å². The topological polar surface area (TPSA) is 148 Å². The normalized spacial score (nSPS) is 14.4. The van der Waals surface area contributed by atoms with E-state index < -0.39 is 10.1 Å². The predicted molar refractivity (Wildman–Crippen MR) is 97.9 cm³/mol. The molecule has 2 aromatic heterocycles. The van der Waals surface area contributed by atoms with Crippen molar-refractivity contribution in [3.63, 3.8) is 0 Å². The maximum absolute atomic E-state index is 11.1. The van der Waals surface area contributed by atoms with Crippen LogP contribution in [0.5, 0.6) is 0 Å². The molecule has 0 bridgehead atoms. The number of anilines is 1. The number of aromatic nitrogens is 3. The first-order chi connectivity index (χ1) is 11.8. The van der Waals surface area contributed by atoms with Gasteiger partial charge < -0.3 is 11.5 Å². The van der Waals surface area contributed by atoms with Gasteiger partial charge in [-0.25, -0.2) is 4.98 Å². The Balaban J connectivity index is 0.000000314. The quantitative estimate of drug-likeness (QED) is 0.508. The van der Waals surface area contributed by atoms with Gasteiger partial charge in [0, 0.05) is 5.69 Å². The lowest BCUT2D eigenvalue weighted by molar-refractivity contribution is 0.483. The first-order valence-corrected chi connectivity index (χ1v) is 9.94. The summed E-state index contributed by atoms with van der Waals surface area (Å²) >= 11 is 1.29. The standard InChI is InChI=1S/C11H10N4O3S2.C4H9N/c1-5-9(10(12)15-14-5)11-13-7-3-2-6(20(16,17)18)4-8(7)19-11;5-3-4-1-2-4/h2-4H,1H3,(H3,12,14,15)(H,16,17,18);4H,1-3,5H2. The van der Waals surface area contributed by atoms with Crippen molar-refractivity contribution in [1.82, 2.24) is 15.2 Å². The fourth-order valence-corrected chi connectivity index (χ4v) is 3.94. The highest BCUT2D eigenvalue weighted by atomic mass is 32.2. The van der Waals surface area contributed by atoms with E-state index >= 15 is 0 Å². The number of rotatable bonds is 3. The van der Waals surface area contributed by atoms with E-state index in [1.165, 1.54) is 36.3 Å². The molecule has 0 unspecified atom stereocenters. The average molecular weight is 381 g/mol. The summed E-state index contributed by atoms with van der Waals surface area (Å²) in [6, 6.07) is 4.24. The molecule has 134 valence electrons. The van der Waals surface area contributed by atoms with E-state index in [9.17, 15) is 8.42 Å². The molecule has 0 amide bonds. The lowest BCUT2D eigenvalue weighted by Crippen LogP contribution is -1.98. The number of nitrogens with one attached hydrogen (secondary N) is 1. The van der Waals surface area contributed by atoms with Gasteiger partial charge in [0.05, 0.1) is 20.7 Å². The number of benzene rings is 1. The molecule has 6 N–H and O–H groups in total. The molecule has 0 saturated heterocycles. The molecule has 1 aliphatic carbocycles. The summed E-state index contributed by atoms with van der Waals surface area (Å²) in [5.74, 6) is 1.26. The van der Waals surface area contributed by atoms with Crippen LogP contribution in [0.2, 0.25) is 0 Å². The van der Waals surface area contributed by atoms with Crippen molar-refractivity contribution in [3.8, 4) is 10.6 Å². The number of nitrogens with zero attached hydrogens (tertiary/aromatic N) is 2. The van der Waals surface area contributed by atoms with Crippen LogP contribution in [0.3, 0.4) is 0 Å². The molecule has 2 heterocycles. The lowest BCUT2D eigenvalue weighted by Gasteiger charge is -1.94. The number of aromatic amines is 1. The Kier molecular flexibility index (Phi) is 4.78. The third kappa shape index (κ3) is 3.98. The van der Waals surface area contributed by atoms with Crippen molar-refractivity contribution in [1.29, 1.82) is 0 Å². The number of aryl methyl sites for hydroxylation is 1. The van der Waals surface area contributed by atoms with E-state index in [1.54, 1.807) is 6.07 Å². The summed E-state index contributed by atoms with van der Waals surface area (Å²) in [5.41, 5.74) is 13.1. The van der Waals surface area contributed by atoms with Crippen LogP contribution in [0.1, 0.15) is 18.5 Å². The van der Waals surface area contributed by atoms with Gasteiger partial charge in [0.1, 0.15) is 5.01 Å². The zero-order valence-electron chi connectivity index (χ0n) is 13.6. The largest absolute Gasteiger partial charge is 0.382 e. The molecule has 0 spiro atoms. The van der Waals surface area contributed by atoms with Gasteiger partial charge in [-0.2, -0.15) is 13.5 Å². The Morgan fingerprint density at radius 3 is 2.60 bits per heavy atom. The third-order valence-corrected chi connectivity index (χ3v) is 5.76. The molecular weight excluding hydrogens is 362 g/mol. The Morgan fingerprint density at radius 2 is 2.12 bits per heavy atom. The van der Waals surface area contributed by atoms with Crippen LogP contribution in [0.15, 0.2) is 23.1 Å². The minimum atomic E-state index is -4.22. The summed E-state index contributed by atoms with van der Waals surface area (Å²) < 4.78 is 31.9. The molecule has 1 saturated carbocycles. The van der Waals surface area contributed by atoms with Gasteiger partial charge in [0.2, 0.25) is 0 Å². The Hall–Kier alpha value is -2.01. The van der Waals surface area contributed by atoms with E-state index in [4.69, 9.17) is 16.0 Å². The van der Waals surface area contributed by atoms with Crippen molar-refractivity contribution < 1.29 is 13.0 Å². The number of fused-ring (bicyclic) bond motifs is 1. The number of H-pyrrole nitrogens is 1. The molecule has 4 rings (SSSR count). The highest BCUT2D eigenvalue weighted by Crippen LogP contribution is 2.35. The van der Waals surface area contributed by atoms with Crippen molar-refractivity contribution in [2.45, 2.75) is 24.7 Å². The molecule has 0 radical (unpaired) electrons. The number of nitrogens with two attached hydrogens (primary N) is 2. The summed E-state index contributed by atoms with van der Waals surface area (Å²) in [5, 5.41) is 7.32. The van der Waals surface area contributed by atoms with Gasteiger partial charge >= 0.3 is 0 Å². The minimum Gasteiger partial charge on any atom is -0.382 e. The molecular formula is C15H19N5O3S2. The van der Waals surface area contributed by atoms with Crippen LogP contribution in [-0.2, 0) is 10.1 Å². The number of hydrogen-bond acceptors (Lipinski definition) is 7. The highest BCUT2D eigenvalue weighted by Gasteiger charge is 2.18. The SMILES string of the molecule is Cc1[nH]nc(N)c1-c1nc2ccc(S(=O)(=O)O)cc2s1.NCC1CC1. The summed E-state index contributed by atoms with van der Waals surface area (Å²) in [4.78, 5) is 4.25. The van der Waals surface area contributed by atoms with Gasteiger partial charge in [-0.1, -0.05) is 0 Å². The van der Waals surface area contributed by atoms with E-state index in [1.807, 2.05) is 6.92 Å². The first-order valence-electron chi connectivity index (χ1n) is 7.68. The zero-order chi connectivity index (χ0) is 18.2. The zero-order valence-corrected chi connectivity index (χ0v) is 15.2. The van der Waals surface area contributed by atoms with Crippen LogP contribution in [0.4, 0.5) is 5.82 Å². The highest BCUT2D eigenvalue weighted by molar-refractivity contribution is 7.85.